The molecule has 0 aromatic carbocycles. The van der Waals surface area contributed by atoms with Crippen LogP contribution in [-0.2, 0) is 4.79 Å². The molecule has 0 saturated heterocycles. The third-order valence-electron chi connectivity index (χ3n) is 4.27. The molecule has 0 aliphatic heterocycles. The number of rotatable bonds is 3. The topological polar surface area (TPSA) is 63.3 Å². The highest BCUT2D eigenvalue weighted by Gasteiger charge is 2.53. The largest absolute Gasteiger partial charge is 0.481 e. The van der Waals surface area contributed by atoms with Gasteiger partial charge >= 0.3 is 5.97 Å². The summed E-state index contributed by atoms with van der Waals surface area (Å²) in [6.07, 6.45) is 6.43. The maximum Gasteiger partial charge on any atom is 0.303 e. The van der Waals surface area contributed by atoms with Gasteiger partial charge in [0.1, 0.15) is 0 Å². The molecule has 14 heavy (non-hydrogen) atoms. The van der Waals surface area contributed by atoms with Crippen LogP contribution in [-0.4, -0.2) is 17.6 Å². The molecule has 2 fully saturated rings. The summed E-state index contributed by atoms with van der Waals surface area (Å²) in [7, 11) is 0. The molecule has 2 rings (SSSR count). The monoisotopic (exact) mass is 197 g/mol. The Morgan fingerprint density at radius 2 is 2.14 bits per heavy atom. The molecule has 0 amide bonds. The highest BCUT2D eigenvalue weighted by atomic mass is 16.4. The van der Waals surface area contributed by atoms with E-state index in [1.165, 1.54) is 25.7 Å². The van der Waals surface area contributed by atoms with E-state index in [9.17, 15) is 4.79 Å². The van der Waals surface area contributed by atoms with Gasteiger partial charge in [0.05, 0.1) is 6.42 Å². The summed E-state index contributed by atoms with van der Waals surface area (Å²) >= 11 is 0. The zero-order valence-corrected chi connectivity index (χ0v) is 8.54. The fourth-order valence-corrected chi connectivity index (χ4v) is 3.58. The number of hydrogen-bond acceptors (Lipinski definition) is 2. The van der Waals surface area contributed by atoms with Crippen molar-refractivity contribution in [2.75, 3.05) is 6.54 Å². The minimum atomic E-state index is -0.681. The van der Waals surface area contributed by atoms with Gasteiger partial charge in [-0.3, -0.25) is 4.79 Å². The van der Waals surface area contributed by atoms with Crippen molar-refractivity contribution in [3.8, 4) is 0 Å². The van der Waals surface area contributed by atoms with Crippen molar-refractivity contribution in [2.24, 2.45) is 23.0 Å². The number of hydrogen-bond donors (Lipinski definition) is 2. The molecule has 2 aliphatic carbocycles. The van der Waals surface area contributed by atoms with Gasteiger partial charge in [0, 0.05) is 0 Å². The lowest BCUT2D eigenvalue weighted by Crippen LogP contribution is -2.54. The highest BCUT2D eigenvalue weighted by molar-refractivity contribution is 5.68. The second kappa shape index (κ2) is 3.54. The van der Waals surface area contributed by atoms with E-state index < -0.39 is 5.97 Å². The fraction of sp³-hybridized carbons (Fsp3) is 0.909. The Balaban J connectivity index is 2.04. The molecular weight excluding hydrogens is 178 g/mol. The molecule has 3 nitrogen and oxygen atoms in total. The molecule has 3 heteroatoms. The van der Waals surface area contributed by atoms with E-state index in [0.29, 0.717) is 12.5 Å². The Morgan fingerprint density at radius 1 is 1.43 bits per heavy atom. The Bertz CT molecular complexity index is 241. The van der Waals surface area contributed by atoms with E-state index in [1.54, 1.807) is 0 Å². The van der Waals surface area contributed by atoms with E-state index in [0.717, 1.165) is 12.3 Å². The van der Waals surface area contributed by atoms with Crippen LogP contribution in [0.25, 0.3) is 0 Å². The molecule has 0 bridgehead atoms. The summed E-state index contributed by atoms with van der Waals surface area (Å²) < 4.78 is 0. The van der Waals surface area contributed by atoms with Crippen LogP contribution in [0.3, 0.4) is 0 Å². The van der Waals surface area contributed by atoms with Crippen molar-refractivity contribution in [3.63, 3.8) is 0 Å². The van der Waals surface area contributed by atoms with Gasteiger partial charge in [-0.2, -0.15) is 0 Å². The van der Waals surface area contributed by atoms with E-state index in [2.05, 4.69) is 0 Å². The van der Waals surface area contributed by atoms with Gasteiger partial charge in [-0.25, -0.2) is 0 Å². The van der Waals surface area contributed by atoms with Crippen molar-refractivity contribution < 1.29 is 9.90 Å². The molecule has 0 heterocycles. The molecule has 80 valence electrons. The summed E-state index contributed by atoms with van der Waals surface area (Å²) in [4.78, 5) is 10.8. The van der Waals surface area contributed by atoms with E-state index in [-0.39, 0.29) is 11.8 Å². The van der Waals surface area contributed by atoms with Gasteiger partial charge in [0.25, 0.3) is 0 Å². The van der Waals surface area contributed by atoms with Crippen LogP contribution < -0.4 is 5.73 Å². The SMILES string of the molecule is NC[C@@]1(CC(=O)O)C[C@H]2CCCC[C@@H]21. The van der Waals surface area contributed by atoms with Crippen molar-refractivity contribution in [1.82, 2.24) is 0 Å². The number of aliphatic carboxylic acids is 1. The quantitative estimate of drug-likeness (QED) is 0.722. The normalized spacial score (nSPS) is 41.2. The Morgan fingerprint density at radius 3 is 2.71 bits per heavy atom. The molecule has 3 atom stereocenters. The molecule has 2 saturated carbocycles. The number of nitrogens with two attached hydrogens (primary N) is 1. The Hall–Kier alpha value is -0.570. The first kappa shape index (κ1) is 9.97. The minimum absolute atomic E-state index is 0.0447. The second-order valence-corrected chi connectivity index (χ2v) is 4.99. The van der Waals surface area contributed by atoms with Gasteiger partial charge in [-0.15, -0.1) is 0 Å². The smallest absolute Gasteiger partial charge is 0.303 e. The van der Waals surface area contributed by atoms with Crippen LogP contribution in [0.5, 0.6) is 0 Å². The van der Waals surface area contributed by atoms with Gasteiger partial charge in [-0.1, -0.05) is 19.3 Å². The maximum atomic E-state index is 10.8. The average Bonchev–Trinajstić information content (AvgIpc) is 2.13. The van der Waals surface area contributed by atoms with E-state index in [4.69, 9.17) is 10.8 Å². The summed E-state index contributed by atoms with van der Waals surface area (Å²) in [6, 6.07) is 0. The van der Waals surface area contributed by atoms with Gasteiger partial charge < -0.3 is 10.8 Å². The summed E-state index contributed by atoms with van der Waals surface area (Å²) in [5.41, 5.74) is 5.72. The molecule has 0 radical (unpaired) electrons. The first-order chi connectivity index (χ1) is 6.68. The zero-order valence-electron chi connectivity index (χ0n) is 8.54. The molecule has 0 unspecified atom stereocenters. The van der Waals surface area contributed by atoms with Crippen LogP contribution in [0.2, 0.25) is 0 Å². The third kappa shape index (κ3) is 1.44. The van der Waals surface area contributed by atoms with Crippen molar-refractivity contribution >= 4 is 5.97 Å². The number of carboxylic acid groups (broad SMARTS) is 1. The Kier molecular flexibility index (Phi) is 2.52. The van der Waals surface area contributed by atoms with E-state index >= 15 is 0 Å². The minimum Gasteiger partial charge on any atom is -0.481 e. The molecule has 0 aromatic rings. The summed E-state index contributed by atoms with van der Waals surface area (Å²) in [6.45, 7) is 0.556. The molecule has 0 spiro atoms. The van der Waals surface area contributed by atoms with Crippen molar-refractivity contribution in [1.29, 1.82) is 0 Å². The van der Waals surface area contributed by atoms with Crippen molar-refractivity contribution in [2.45, 2.75) is 38.5 Å². The molecule has 0 aromatic heterocycles. The standard InChI is InChI=1S/C11H19NO2/c12-7-11(6-10(13)14)5-8-3-1-2-4-9(8)11/h8-9H,1-7,12H2,(H,13,14)/t8-,9+,11+/m1/s1. The maximum absolute atomic E-state index is 10.8. The number of fused-ring (bicyclic) bond motifs is 1. The number of carbonyl (C=O) groups is 1. The van der Waals surface area contributed by atoms with Gasteiger partial charge in [0.15, 0.2) is 0 Å². The van der Waals surface area contributed by atoms with Crippen LogP contribution in [0.1, 0.15) is 38.5 Å². The second-order valence-electron chi connectivity index (χ2n) is 4.99. The highest BCUT2D eigenvalue weighted by Crippen LogP contribution is 2.58. The van der Waals surface area contributed by atoms with Gasteiger partial charge in [-0.05, 0) is 36.6 Å². The van der Waals surface area contributed by atoms with E-state index in [1.807, 2.05) is 0 Å². The average molecular weight is 197 g/mol. The third-order valence-corrected chi connectivity index (χ3v) is 4.27. The molecule has 3 N–H and O–H groups in total. The lowest BCUT2D eigenvalue weighted by molar-refractivity contribution is -0.148. The lowest BCUT2D eigenvalue weighted by Gasteiger charge is -2.57. The molecule has 2 aliphatic rings. The Labute approximate surface area is 84.7 Å². The van der Waals surface area contributed by atoms with Crippen LogP contribution in [0, 0.1) is 17.3 Å². The zero-order chi connectivity index (χ0) is 10.2. The summed E-state index contributed by atoms with van der Waals surface area (Å²) in [5.74, 6) is 0.712. The first-order valence-corrected chi connectivity index (χ1v) is 5.60. The lowest BCUT2D eigenvalue weighted by atomic mass is 9.48. The fourth-order valence-electron chi connectivity index (χ4n) is 3.58. The predicted octanol–water partition coefficient (Wildman–Crippen LogP) is 1.62. The number of carboxylic acids is 1. The van der Waals surface area contributed by atoms with Crippen LogP contribution in [0.4, 0.5) is 0 Å². The summed E-state index contributed by atoms with van der Waals surface area (Å²) in [5, 5.41) is 8.88. The first-order valence-electron chi connectivity index (χ1n) is 5.60. The van der Waals surface area contributed by atoms with Crippen molar-refractivity contribution in [3.05, 3.63) is 0 Å². The molecular formula is C11H19NO2. The van der Waals surface area contributed by atoms with Gasteiger partial charge in [0.2, 0.25) is 0 Å². The van der Waals surface area contributed by atoms with Crippen LogP contribution in [0.15, 0.2) is 0 Å². The predicted molar refractivity (Wildman–Crippen MR) is 53.8 cm³/mol. The van der Waals surface area contributed by atoms with Crippen LogP contribution >= 0.6 is 0 Å².